The van der Waals surface area contributed by atoms with Gasteiger partial charge >= 0.3 is 0 Å². The van der Waals surface area contributed by atoms with Gasteiger partial charge in [-0.25, -0.2) is 0 Å². The number of para-hydroxylation sites is 1. The third-order valence-corrected chi connectivity index (χ3v) is 3.37. The highest BCUT2D eigenvalue weighted by molar-refractivity contribution is 5.76. The molecule has 1 aliphatic heterocycles. The number of carbonyl (C=O) groups is 1. The van der Waals surface area contributed by atoms with Gasteiger partial charge < -0.3 is 14.7 Å². The number of amides is 1. The van der Waals surface area contributed by atoms with Gasteiger partial charge in [0.2, 0.25) is 5.91 Å². The molecule has 1 N–H and O–H groups in total. The van der Waals surface area contributed by atoms with Gasteiger partial charge in [-0.15, -0.1) is 0 Å². The normalized spacial score (nSPS) is 23.4. The third-order valence-electron chi connectivity index (χ3n) is 3.37. The van der Waals surface area contributed by atoms with Crippen LogP contribution >= 0.6 is 0 Å². The third kappa shape index (κ3) is 3.70. The molecule has 0 radical (unpaired) electrons. The number of phenols is 1. The highest BCUT2D eigenvalue weighted by Crippen LogP contribution is 2.18. The Balaban J connectivity index is 1.89. The summed E-state index contributed by atoms with van der Waals surface area (Å²) in [5.41, 5.74) is 0.824. The van der Waals surface area contributed by atoms with E-state index in [1.165, 1.54) is 0 Å². The first kappa shape index (κ1) is 13.9. The summed E-state index contributed by atoms with van der Waals surface area (Å²) in [6, 6.07) is 7.16. The first-order valence-corrected chi connectivity index (χ1v) is 6.76. The largest absolute Gasteiger partial charge is 0.508 e. The lowest BCUT2D eigenvalue weighted by atomic mass is 10.1. The molecule has 4 nitrogen and oxygen atoms in total. The maximum atomic E-state index is 12.2. The van der Waals surface area contributed by atoms with Gasteiger partial charge in [-0.2, -0.15) is 0 Å². The number of carbonyl (C=O) groups excluding carboxylic acids is 1. The van der Waals surface area contributed by atoms with Gasteiger partial charge in [0.15, 0.2) is 0 Å². The highest BCUT2D eigenvalue weighted by atomic mass is 16.5. The molecule has 2 rings (SSSR count). The first-order chi connectivity index (χ1) is 9.06. The van der Waals surface area contributed by atoms with Crippen molar-refractivity contribution in [2.75, 3.05) is 13.1 Å². The van der Waals surface area contributed by atoms with Crippen molar-refractivity contribution >= 4 is 5.91 Å². The predicted octanol–water partition coefficient (Wildman–Crippen LogP) is 1.96. The van der Waals surface area contributed by atoms with Crippen LogP contribution in [0.15, 0.2) is 24.3 Å². The number of ether oxygens (including phenoxy) is 1. The molecule has 0 aliphatic carbocycles. The van der Waals surface area contributed by atoms with E-state index in [0.29, 0.717) is 25.9 Å². The van der Waals surface area contributed by atoms with E-state index in [0.717, 1.165) is 5.56 Å². The minimum atomic E-state index is 0.0952. The van der Waals surface area contributed by atoms with E-state index in [-0.39, 0.29) is 23.9 Å². The van der Waals surface area contributed by atoms with Crippen LogP contribution in [0.4, 0.5) is 0 Å². The summed E-state index contributed by atoms with van der Waals surface area (Å²) in [7, 11) is 0. The van der Waals surface area contributed by atoms with Crippen LogP contribution in [-0.2, 0) is 16.0 Å². The first-order valence-electron chi connectivity index (χ1n) is 6.76. The SMILES string of the molecule is CC1CN(C(=O)CCc2ccccc2O)CC(C)O1. The number of rotatable bonds is 3. The van der Waals surface area contributed by atoms with Crippen molar-refractivity contribution in [2.24, 2.45) is 0 Å². The van der Waals surface area contributed by atoms with Crippen LogP contribution in [0.2, 0.25) is 0 Å². The number of hydrogen-bond donors (Lipinski definition) is 1. The number of aryl methyl sites for hydroxylation is 1. The number of morpholine rings is 1. The number of aromatic hydroxyl groups is 1. The molecule has 0 spiro atoms. The monoisotopic (exact) mass is 263 g/mol. The second-order valence-corrected chi connectivity index (χ2v) is 5.18. The second kappa shape index (κ2) is 6.06. The second-order valence-electron chi connectivity index (χ2n) is 5.18. The molecule has 1 fully saturated rings. The van der Waals surface area contributed by atoms with Crippen LogP contribution < -0.4 is 0 Å². The van der Waals surface area contributed by atoms with Gasteiger partial charge in [0, 0.05) is 19.5 Å². The Hall–Kier alpha value is -1.55. The molecule has 0 aromatic heterocycles. The predicted molar refractivity (Wildman–Crippen MR) is 73.0 cm³/mol. The minimum absolute atomic E-state index is 0.0952. The van der Waals surface area contributed by atoms with Crippen LogP contribution in [0, 0.1) is 0 Å². The zero-order valence-corrected chi connectivity index (χ0v) is 11.5. The summed E-state index contributed by atoms with van der Waals surface area (Å²) in [5, 5.41) is 9.67. The summed E-state index contributed by atoms with van der Waals surface area (Å²) in [4.78, 5) is 14.0. The Kier molecular flexibility index (Phi) is 4.43. The van der Waals surface area contributed by atoms with Crippen LogP contribution in [-0.4, -0.2) is 41.2 Å². The van der Waals surface area contributed by atoms with E-state index >= 15 is 0 Å². The number of nitrogens with zero attached hydrogens (tertiary/aromatic N) is 1. The van der Waals surface area contributed by atoms with Crippen LogP contribution in [0.3, 0.4) is 0 Å². The fraction of sp³-hybridized carbons (Fsp3) is 0.533. The fourth-order valence-electron chi connectivity index (χ4n) is 2.50. The van der Waals surface area contributed by atoms with Crippen molar-refractivity contribution in [3.8, 4) is 5.75 Å². The summed E-state index contributed by atoms with van der Waals surface area (Å²) >= 11 is 0. The van der Waals surface area contributed by atoms with Gasteiger partial charge in [-0.1, -0.05) is 18.2 Å². The zero-order chi connectivity index (χ0) is 13.8. The van der Waals surface area contributed by atoms with Crippen molar-refractivity contribution in [3.05, 3.63) is 29.8 Å². The maximum absolute atomic E-state index is 12.2. The van der Waals surface area contributed by atoms with Crippen LogP contribution in [0.1, 0.15) is 25.8 Å². The fourth-order valence-corrected chi connectivity index (χ4v) is 2.50. The molecule has 0 bridgehead atoms. The van der Waals surface area contributed by atoms with E-state index in [9.17, 15) is 9.90 Å². The summed E-state index contributed by atoms with van der Waals surface area (Å²) < 4.78 is 5.61. The molecule has 1 amide bonds. The molecule has 0 saturated carbocycles. The Bertz CT molecular complexity index is 437. The minimum Gasteiger partial charge on any atom is -0.508 e. The molecular formula is C15H21NO3. The van der Waals surface area contributed by atoms with Crippen molar-refractivity contribution in [1.82, 2.24) is 4.90 Å². The van der Waals surface area contributed by atoms with Gasteiger partial charge in [-0.3, -0.25) is 4.79 Å². The van der Waals surface area contributed by atoms with Crippen molar-refractivity contribution in [3.63, 3.8) is 0 Å². The molecule has 2 unspecified atom stereocenters. The molecule has 1 saturated heterocycles. The van der Waals surface area contributed by atoms with Crippen molar-refractivity contribution in [2.45, 2.75) is 38.9 Å². The van der Waals surface area contributed by atoms with Gasteiger partial charge in [0.05, 0.1) is 12.2 Å². The lowest BCUT2D eigenvalue weighted by molar-refractivity contribution is -0.143. The van der Waals surface area contributed by atoms with E-state index < -0.39 is 0 Å². The lowest BCUT2D eigenvalue weighted by Crippen LogP contribution is -2.48. The Morgan fingerprint density at radius 1 is 1.32 bits per heavy atom. The van der Waals surface area contributed by atoms with E-state index in [2.05, 4.69) is 0 Å². The van der Waals surface area contributed by atoms with E-state index in [4.69, 9.17) is 4.74 Å². The van der Waals surface area contributed by atoms with Gasteiger partial charge in [0.1, 0.15) is 5.75 Å². The van der Waals surface area contributed by atoms with E-state index in [1.807, 2.05) is 30.9 Å². The zero-order valence-electron chi connectivity index (χ0n) is 11.5. The average molecular weight is 263 g/mol. The molecule has 4 heteroatoms. The van der Waals surface area contributed by atoms with E-state index in [1.54, 1.807) is 12.1 Å². The van der Waals surface area contributed by atoms with Gasteiger partial charge in [-0.05, 0) is 31.9 Å². The molecule has 1 aromatic carbocycles. The Labute approximate surface area is 114 Å². The smallest absolute Gasteiger partial charge is 0.223 e. The topological polar surface area (TPSA) is 49.8 Å². The number of benzene rings is 1. The highest BCUT2D eigenvalue weighted by Gasteiger charge is 2.25. The molecule has 2 atom stereocenters. The molecule has 104 valence electrons. The average Bonchev–Trinajstić information content (AvgIpc) is 2.36. The standard InChI is InChI=1S/C15H21NO3/c1-11-9-16(10-12(2)19-11)15(18)8-7-13-5-3-4-6-14(13)17/h3-6,11-12,17H,7-10H2,1-2H3. The molecule has 19 heavy (non-hydrogen) atoms. The van der Waals surface area contributed by atoms with Crippen LogP contribution in [0.5, 0.6) is 5.75 Å². The Morgan fingerprint density at radius 2 is 1.95 bits per heavy atom. The summed E-state index contributed by atoms with van der Waals surface area (Å²) in [6.07, 6.45) is 1.19. The number of hydrogen-bond acceptors (Lipinski definition) is 3. The van der Waals surface area contributed by atoms with Gasteiger partial charge in [0.25, 0.3) is 0 Å². The molecule has 1 aromatic rings. The molecular weight excluding hydrogens is 242 g/mol. The van der Waals surface area contributed by atoms with Crippen molar-refractivity contribution < 1.29 is 14.6 Å². The quantitative estimate of drug-likeness (QED) is 0.907. The Morgan fingerprint density at radius 3 is 2.58 bits per heavy atom. The van der Waals surface area contributed by atoms with Crippen molar-refractivity contribution in [1.29, 1.82) is 0 Å². The summed E-state index contributed by atoms with van der Waals surface area (Å²) in [6.45, 7) is 5.28. The molecule has 1 heterocycles. The summed E-state index contributed by atoms with van der Waals surface area (Å²) in [5.74, 6) is 0.393. The molecule has 1 aliphatic rings. The van der Waals surface area contributed by atoms with Crippen LogP contribution in [0.25, 0.3) is 0 Å². The lowest BCUT2D eigenvalue weighted by Gasteiger charge is -2.35. The number of phenolic OH excluding ortho intramolecular Hbond substituents is 1. The maximum Gasteiger partial charge on any atom is 0.223 e.